The van der Waals surface area contributed by atoms with Gasteiger partial charge in [-0.25, -0.2) is 0 Å². The Balaban J connectivity index is 0.00000180. The average molecular weight is 286 g/mol. The van der Waals surface area contributed by atoms with Gasteiger partial charge in [-0.3, -0.25) is 9.69 Å². The van der Waals surface area contributed by atoms with Crippen molar-refractivity contribution in [2.45, 2.75) is 25.3 Å². The second kappa shape index (κ2) is 8.02. The quantitative estimate of drug-likeness (QED) is 0.903. The molecule has 106 valence electrons. The van der Waals surface area contributed by atoms with Gasteiger partial charge in [0.25, 0.3) is 0 Å². The third kappa shape index (κ3) is 4.73. The summed E-state index contributed by atoms with van der Waals surface area (Å²) in [4.78, 5) is 13.1. The number of ether oxygens (including phenoxy) is 1. The van der Waals surface area contributed by atoms with Crippen LogP contribution in [0.2, 0.25) is 0 Å². The summed E-state index contributed by atoms with van der Waals surface area (Å²) in [5.74, 6) is 0.121. The van der Waals surface area contributed by atoms with Gasteiger partial charge in [-0.2, -0.15) is 0 Å². The Morgan fingerprint density at radius 1 is 1.32 bits per heavy atom. The molecule has 1 aromatic carbocycles. The van der Waals surface area contributed by atoms with Crippen LogP contribution in [0, 0.1) is 0 Å². The molecule has 1 N–H and O–H groups in total. The summed E-state index contributed by atoms with van der Waals surface area (Å²) in [5, 5.41) is 9.14. The van der Waals surface area contributed by atoms with E-state index in [9.17, 15) is 4.79 Å². The van der Waals surface area contributed by atoms with Crippen LogP contribution in [0.25, 0.3) is 0 Å². The Hall–Kier alpha value is -1.26. The molecule has 0 radical (unpaired) electrons. The second-order valence-electron chi connectivity index (χ2n) is 4.55. The van der Waals surface area contributed by atoms with Crippen LogP contribution in [0.1, 0.15) is 19.3 Å². The number of aliphatic carboxylic acids is 1. The predicted octanol–water partition coefficient (Wildman–Crippen LogP) is 2.43. The van der Waals surface area contributed by atoms with E-state index >= 15 is 0 Å². The summed E-state index contributed by atoms with van der Waals surface area (Å²) in [6.45, 7) is 2.06. The van der Waals surface area contributed by atoms with E-state index in [4.69, 9.17) is 9.84 Å². The van der Waals surface area contributed by atoms with E-state index in [1.54, 1.807) is 0 Å². The van der Waals surface area contributed by atoms with Crippen molar-refractivity contribution in [1.82, 2.24) is 4.90 Å². The minimum Gasteiger partial charge on any atom is -0.492 e. The van der Waals surface area contributed by atoms with Crippen LogP contribution in [0.15, 0.2) is 30.3 Å². The van der Waals surface area contributed by atoms with Crippen molar-refractivity contribution in [3.05, 3.63) is 30.3 Å². The van der Waals surface area contributed by atoms with Crippen LogP contribution >= 0.6 is 12.4 Å². The highest BCUT2D eigenvalue weighted by molar-refractivity contribution is 5.85. The number of carbonyl (C=O) groups is 1. The first-order valence-electron chi connectivity index (χ1n) is 6.42. The summed E-state index contributed by atoms with van der Waals surface area (Å²) in [7, 11) is 0. The zero-order chi connectivity index (χ0) is 12.8. The molecule has 19 heavy (non-hydrogen) atoms. The third-order valence-corrected chi connectivity index (χ3v) is 3.29. The SMILES string of the molecule is Cl.O=C(O)[C@H]1CCCCN1CCOc1ccccc1. The van der Waals surface area contributed by atoms with Crippen LogP contribution in [-0.2, 0) is 4.79 Å². The number of benzene rings is 1. The van der Waals surface area contributed by atoms with Crippen LogP contribution in [-0.4, -0.2) is 41.7 Å². The number of rotatable bonds is 5. The van der Waals surface area contributed by atoms with Gasteiger partial charge < -0.3 is 9.84 Å². The minimum atomic E-state index is -0.714. The second-order valence-corrected chi connectivity index (χ2v) is 4.55. The van der Waals surface area contributed by atoms with Crippen LogP contribution in [0.4, 0.5) is 0 Å². The van der Waals surface area contributed by atoms with Gasteiger partial charge in [-0.15, -0.1) is 12.4 Å². The molecule has 0 aliphatic carbocycles. The van der Waals surface area contributed by atoms with E-state index in [1.165, 1.54) is 0 Å². The van der Waals surface area contributed by atoms with Crippen molar-refractivity contribution in [3.63, 3.8) is 0 Å². The van der Waals surface area contributed by atoms with Gasteiger partial charge in [0.05, 0.1) is 0 Å². The summed E-state index contributed by atoms with van der Waals surface area (Å²) in [6, 6.07) is 9.28. The van der Waals surface area contributed by atoms with Crippen LogP contribution in [0.3, 0.4) is 0 Å². The van der Waals surface area contributed by atoms with E-state index in [0.717, 1.165) is 31.6 Å². The first-order valence-corrected chi connectivity index (χ1v) is 6.42. The number of carboxylic acids is 1. The largest absolute Gasteiger partial charge is 0.492 e. The smallest absolute Gasteiger partial charge is 0.320 e. The Kier molecular flexibility index (Phi) is 6.67. The van der Waals surface area contributed by atoms with Gasteiger partial charge in [0.1, 0.15) is 18.4 Å². The lowest BCUT2D eigenvalue weighted by molar-refractivity contribution is -0.144. The number of piperidine rings is 1. The Labute approximate surface area is 119 Å². The number of likely N-dealkylation sites (tertiary alicyclic amines) is 1. The van der Waals surface area contributed by atoms with Gasteiger partial charge in [-0.05, 0) is 31.5 Å². The van der Waals surface area contributed by atoms with Crippen molar-refractivity contribution >= 4 is 18.4 Å². The highest BCUT2D eigenvalue weighted by atomic mass is 35.5. The molecular weight excluding hydrogens is 266 g/mol. The fourth-order valence-corrected chi connectivity index (χ4v) is 2.34. The lowest BCUT2D eigenvalue weighted by Gasteiger charge is -2.32. The van der Waals surface area contributed by atoms with Gasteiger partial charge in [-0.1, -0.05) is 24.6 Å². The Morgan fingerprint density at radius 2 is 2.05 bits per heavy atom. The minimum absolute atomic E-state index is 0. The fourth-order valence-electron chi connectivity index (χ4n) is 2.34. The number of carboxylic acid groups (broad SMARTS) is 1. The normalized spacial score (nSPS) is 19.5. The third-order valence-electron chi connectivity index (χ3n) is 3.29. The molecule has 1 aliphatic heterocycles. The Morgan fingerprint density at radius 3 is 2.74 bits per heavy atom. The van der Waals surface area contributed by atoms with E-state index in [2.05, 4.69) is 0 Å². The molecule has 1 aromatic rings. The molecule has 0 saturated carbocycles. The highest BCUT2D eigenvalue weighted by Crippen LogP contribution is 2.17. The molecule has 4 nitrogen and oxygen atoms in total. The lowest BCUT2D eigenvalue weighted by atomic mass is 10.0. The molecule has 0 amide bonds. The lowest BCUT2D eigenvalue weighted by Crippen LogP contribution is -2.46. The number of hydrogen-bond donors (Lipinski definition) is 1. The zero-order valence-corrected chi connectivity index (χ0v) is 11.6. The molecule has 0 unspecified atom stereocenters. The fraction of sp³-hybridized carbons (Fsp3) is 0.500. The molecule has 1 fully saturated rings. The molecule has 1 saturated heterocycles. The van der Waals surface area contributed by atoms with Gasteiger partial charge in [0.15, 0.2) is 0 Å². The maximum atomic E-state index is 11.1. The zero-order valence-electron chi connectivity index (χ0n) is 10.8. The number of hydrogen-bond acceptors (Lipinski definition) is 3. The van der Waals surface area contributed by atoms with E-state index in [-0.39, 0.29) is 18.4 Å². The van der Waals surface area contributed by atoms with E-state index < -0.39 is 5.97 Å². The number of halogens is 1. The average Bonchev–Trinajstić information content (AvgIpc) is 2.40. The number of para-hydroxylation sites is 1. The van der Waals surface area contributed by atoms with Crippen LogP contribution in [0.5, 0.6) is 5.75 Å². The van der Waals surface area contributed by atoms with E-state index in [1.807, 2.05) is 35.2 Å². The Bertz CT molecular complexity index is 386. The van der Waals surface area contributed by atoms with E-state index in [0.29, 0.717) is 13.2 Å². The van der Waals surface area contributed by atoms with Crippen molar-refractivity contribution in [2.24, 2.45) is 0 Å². The summed E-state index contributed by atoms with van der Waals surface area (Å²) >= 11 is 0. The molecule has 2 rings (SSSR count). The van der Waals surface area contributed by atoms with Crippen molar-refractivity contribution in [1.29, 1.82) is 0 Å². The monoisotopic (exact) mass is 285 g/mol. The highest BCUT2D eigenvalue weighted by Gasteiger charge is 2.27. The molecule has 0 aromatic heterocycles. The molecule has 1 aliphatic rings. The summed E-state index contributed by atoms with van der Waals surface area (Å²) in [6.07, 6.45) is 2.84. The van der Waals surface area contributed by atoms with Gasteiger partial charge >= 0.3 is 5.97 Å². The molecule has 1 atom stereocenters. The molecule has 5 heteroatoms. The maximum Gasteiger partial charge on any atom is 0.320 e. The summed E-state index contributed by atoms with van der Waals surface area (Å²) in [5.41, 5.74) is 0. The number of nitrogens with zero attached hydrogens (tertiary/aromatic N) is 1. The summed E-state index contributed by atoms with van der Waals surface area (Å²) < 4.78 is 5.60. The molecule has 0 spiro atoms. The molecular formula is C14H20ClNO3. The molecule has 0 bridgehead atoms. The van der Waals surface area contributed by atoms with Crippen molar-refractivity contribution in [2.75, 3.05) is 19.7 Å². The first-order chi connectivity index (χ1) is 8.77. The molecule has 1 heterocycles. The topological polar surface area (TPSA) is 49.8 Å². The first kappa shape index (κ1) is 15.8. The van der Waals surface area contributed by atoms with Crippen molar-refractivity contribution < 1.29 is 14.6 Å². The predicted molar refractivity (Wildman–Crippen MR) is 76.0 cm³/mol. The van der Waals surface area contributed by atoms with Gasteiger partial charge in [0, 0.05) is 6.54 Å². The van der Waals surface area contributed by atoms with Crippen molar-refractivity contribution in [3.8, 4) is 5.75 Å². The van der Waals surface area contributed by atoms with Crippen LogP contribution < -0.4 is 4.74 Å². The van der Waals surface area contributed by atoms with Gasteiger partial charge in [0.2, 0.25) is 0 Å². The standard InChI is InChI=1S/C14H19NO3.ClH/c16-14(17)13-8-4-5-9-15(13)10-11-18-12-6-2-1-3-7-12;/h1-3,6-7,13H,4-5,8-11H2,(H,16,17);1H/t13-;/m1./s1. The maximum absolute atomic E-state index is 11.1.